The number of carbonyl (C=O) groups is 1. The first-order chi connectivity index (χ1) is 14.8. The maximum Gasteiger partial charge on any atom is 0.240 e. The third-order valence-corrected chi connectivity index (χ3v) is 6.56. The minimum Gasteiger partial charge on any atom is -0.494 e. The molecule has 2 aromatic carbocycles. The van der Waals surface area contributed by atoms with Gasteiger partial charge in [0.2, 0.25) is 5.91 Å². The van der Waals surface area contributed by atoms with Gasteiger partial charge in [0.25, 0.3) is 0 Å². The molecule has 160 valence electrons. The molecule has 3 aliphatic rings. The van der Waals surface area contributed by atoms with E-state index in [0.717, 1.165) is 54.2 Å². The molecule has 3 aromatic rings. The van der Waals surface area contributed by atoms with Crippen molar-refractivity contribution >= 4 is 24.0 Å². The summed E-state index contributed by atoms with van der Waals surface area (Å²) in [6, 6.07) is 16.3. The van der Waals surface area contributed by atoms with Gasteiger partial charge in [-0.3, -0.25) is 9.48 Å². The summed E-state index contributed by atoms with van der Waals surface area (Å²) < 4.78 is 7.84. The molecule has 0 aliphatic carbocycles. The molecule has 1 amide bonds. The van der Waals surface area contributed by atoms with E-state index in [-0.39, 0.29) is 24.4 Å². The number of aryl methyl sites for hydroxylation is 1. The number of hydrogen-bond acceptors (Lipinski definition) is 5. The molecular formula is C23H24ClN5O2. The van der Waals surface area contributed by atoms with Crippen LogP contribution in [-0.4, -0.2) is 34.1 Å². The van der Waals surface area contributed by atoms with E-state index in [1.54, 1.807) is 0 Å². The van der Waals surface area contributed by atoms with Gasteiger partial charge in [-0.05, 0) is 42.3 Å². The Balaban J connectivity index is 0.00000204. The fourth-order valence-corrected chi connectivity index (χ4v) is 5.25. The molecule has 0 saturated carbocycles. The summed E-state index contributed by atoms with van der Waals surface area (Å²) in [5.74, 6) is 0.968. The fourth-order valence-electron chi connectivity index (χ4n) is 5.25. The van der Waals surface area contributed by atoms with Gasteiger partial charge in [-0.15, -0.1) is 17.5 Å². The number of anilines is 1. The van der Waals surface area contributed by atoms with Crippen LogP contribution in [0.3, 0.4) is 0 Å². The van der Waals surface area contributed by atoms with E-state index >= 15 is 0 Å². The number of halogens is 1. The third kappa shape index (κ3) is 3.03. The van der Waals surface area contributed by atoms with Gasteiger partial charge in [-0.2, -0.15) is 0 Å². The van der Waals surface area contributed by atoms with Crippen LogP contribution in [-0.2, 0) is 23.3 Å². The summed E-state index contributed by atoms with van der Waals surface area (Å²) >= 11 is 0. The molecule has 3 aliphatic heterocycles. The lowest BCUT2D eigenvalue weighted by molar-refractivity contribution is -0.123. The van der Waals surface area contributed by atoms with Crippen LogP contribution in [0.1, 0.15) is 35.7 Å². The number of carbonyl (C=O) groups excluding carboxylic acids is 1. The Morgan fingerprint density at radius 2 is 2.06 bits per heavy atom. The second-order valence-corrected chi connectivity index (χ2v) is 8.26. The Bertz CT molecular complexity index is 1130. The minimum absolute atomic E-state index is 0. The molecule has 0 unspecified atom stereocenters. The number of fused-ring (bicyclic) bond motifs is 8. The van der Waals surface area contributed by atoms with Crippen LogP contribution in [0.2, 0.25) is 0 Å². The van der Waals surface area contributed by atoms with Crippen molar-refractivity contribution in [3.05, 3.63) is 71.5 Å². The van der Waals surface area contributed by atoms with Gasteiger partial charge in [0, 0.05) is 18.7 Å². The molecule has 6 bridgehead atoms. The number of hydrogen-bond donors (Lipinski definition) is 1. The lowest BCUT2D eigenvalue weighted by Crippen LogP contribution is -2.43. The standard InChI is InChI=1S/C23H23N5O2.ClH/c29-22-23-9-10-24-21(23)16-5-3-6-18(13-16)30-12-4-11-27-14-17(25-26-27)15-28(22)20-8-2-1-7-19(20)23;/h1-3,5-8,13-14,21,24H,4,9-12,15H2;1H/t21-,23-;/m0./s1. The van der Waals surface area contributed by atoms with Crippen molar-refractivity contribution in [2.45, 2.75) is 37.4 Å². The number of amides is 1. The van der Waals surface area contributed by atoms with Crippen LogP contribution in [0.5, 0.6) is 5.75 Å². The summed E-state index contributed by atoms with van der Waals surface area (Å²) in [6.07, 6.45) is 3.54. The number of nitrogens with one attached hydrogen (secondary N) is 1. The predicted octanol–water partition coefficient (Wildman–Crippen LogP) is 3.00. The second kappa shape index (κ2) is 7.66. The van der Waals surface area contributed by atoms with Crippen LogP contribution in [0, 0.1) is 0 Å². The van der Waals surface area contributed by atoms with Gasteiger partial charge in [0.1, 0.15) is 11.4 Å². The molecule has 6 rings (SSSR count). The van der Waals surface area contributed by atoms with E-state index in [1.165, 1.54) is 0 Å². The van der Waals surface area contributed by atoms with Gasteiger partial charge < -0.3 is 15.0 Å². The van der Waals surface area contributed by atoms with Gasteiger partial charge in [0.15, 0.2) is 0 Å². The third-order valence-electron chi connectivity index (χ3n) is 6.56. The highest BCUT2D eigenvalue weighted by atomic mass is 35.5. The van der Waals surface area contributed by atoms with Crippen LogP contribution in [0.4, 0.5) is 5.69 Å². The molecule has 1 aromatic heterocycles. The summed E-state index contributed by atoms with van der Waals surface area (Å²) in [6.45, 7) is 2.56. The van der Waals surface area contributed by atoms with Crippen molar-refractivity contribution in [3.63, 3.8) is 0 Å². The zero-order valence-electron chi connectivity index (χ0n) is 17.0. The highest BCUT2D eigenvalue weighted by Crippen LogP contribution is 2.53. The maximum absolute atomic E-state index is 14.0. The Labute approximate surface area is 186 Å². The number of ether oxygens (including phenoxy) is 1. The first kappa shape index (κ1) is 20.0. The van der Waals surface area contributed by atoms with Crippen molar-refractivity contribution in [1.82, 2.24) is 20.3 Å². The zero-order chi connectivity index (χ0) is 20.1. The van der Waals surface area contributed by atoms with E-state index in [9.17, 15) is 4.79 Å². The molecule has 8 heteroatoms. The molecule has 1 spiro atoms. The van der Waals surface area contributed by atoms with E-state index in [0.29, 0.717) is 13.2 Å². The Hall–Kier alpha value is -2.90. The van der Waals surface area contributed by atoms with Crippen molar-refractivity contribution < 1.29 is 9.53 Å². The van der Waals surface area contributed by atoms with E-state index in [2.05, 4.69) is 33.8 Å². The second-order valence-electron chi connectivity index (χ2n) is 8.26. The highest BCUT2D eigenvalue weighted by molar-refractivity contribution is 6.09. The van der Waals surface area contributed by atoms with Crippen LogP contribution < -0.4 is 15.0 Å². The van der Waals surface area contributed by atoms with Gasteiger partial charge in [0.05, 0.1) is 30.8 Å². The number of para-hydroxylation sites is 1. The predicted molar refractivity (Wildman–Crippen MR) is 118 cm³/mol. The van der Waals surface area contributed by atoms with E-state index in [1.807, 2.05) is 46.1 Å². The van der Waals surface area contributed by atoms with Gasteiger partial charge >= 0.3 is 0 Å². The normalized spacial score (nSPS) is 24.3. The lowest BCUT2D eigenvalue weighted by atomic mass is 9.73. The van der Waals surface area contributed by atoms with Crippen molar-refractivity contribution in [1.29, 1.82) is 0 Å². The summed E-state index contributed by atoms with van der Waals surface area (Å²) in [7, 11) is 0. The van der Waals surface area contributed by atoms with Crippen LogP contribution in [0.15, 0.2) is 54.7 Å². The molecule has 7 nitrogen and oxygen atoms in total. The Morgan fingerprint density at radius 3 is 3.00 bits per heavy atom. The van der Waals surface area contributed by atoms with Crippen LogP contribution >= 0.6 is 12.4 Å². The number of nitrogens with zero attached hydrogens (tertiary/aromatic N) is 4. The average Bonchev–Trinajstić information content (AvgIpc) is 3.47. The van der Waals surface area contributed by atoms with E-state index in [4.69, 9.17) is 4.74 Å². The molecule has 1 saturated heterocycles. The average molecular weight is 438 g/mol. The highest BCUT2D eigenvalue weighted by Gasteiger charge is 2.58. The topological polar surface area (TPSA) is 72.3 Å². The summed E-state index contributed by atoms with van der Waals surface area (Å²) in [4.78, 5) is 15.9. The van der Waals surface area contributed by atoms with Crippen molar-refractivity contribution in [2.24, 2.45) is 0 Å². The first-order valence-corrected chi connectivity index (χ1v) is 10.5. The number of benzene rings is 2. The Kier molecular flexibility index (Phi) is 4.95. The van der Waals surface area contributed by atoms with Gasteiger partial charge in [-0.25, -0.2) is 0 Å². The first-order valence-electron chi connectivity index (χ1n) is 10.5. The fraction of sp³-hybridized carbons (Fsp3) is 0.348. The van der Waals surface area contributed by atoms with Crippen molar-refractivity contribution in [3.8, 4) is 5.75 Å². The smallest absolute Gasteiger partial charge is 0.240 e. The SMILES string of the molecule is Cl.O=C1N2Cc3cn(nn3)CCCOc3cccc(c3)[C@@H]3NCC[C@@]13c1ccccc12. The van der Waals surface area contributed by atoms with Gasteiger partial charge in [-0.1, -0.05) is 35.5 Å². The largest absolute Gasteiger partial charge is 0.494 e. The Morgan fingerprint density at radius 1 is 1.16 bits per heavy atom. The monoisotopic (exact) mass is 437 g/mol. The number of aromatic nitrogens is 3. The lowest BCUT2D eigenvalue weighted by Gasteiger charge is -2.31. The maximum atomic E-state index is 14.0. The minimum atomic E-state index is -0.620. The molecule has 1 N–H and O–H groups in total. The summed E-state index contributed by atoms with van der Waals surface area (Å²) in [5, 5.41) is 12.2. The van der Waals surface area contributed by atoms with Crippen LogP contribution in [0.25, 0.3) is 0 Å². The molecule has 4 heterocycles. The van der Waals surface area contributed by atoms with E-state index < -0.39 is 5.41 Å². The molecular weight excluding hydrogens is 414 g/mol. The zero-order valence-corrected chi connectivity index (χ0v) is 17.8. The molecule has 1 fully saturated rings. The molecule has 2 atom stereocenters. The summed E-state index contributed by atoms with van der Waals surface area (Å²) in [5.41, 5.74) is 3.34. The molecule has 0 radical (unpaired) electrons. The molecule has 31 heavy (non-hydrogen) atoms. The number of rotatable bonds is 0. The quantitative estimate of drug-likeness (QED) is 0.585. The van der Waals surface area contributed by atoms with Crippen molar-refractivity contribution in [2.75, 3.05) is 18.1 Å².